The monoisotopic (exact) mass is 793 g/mol. The first-order valence-corrected chi connectivity index (χ1v) is 19.2. The summed E-state index contributed by atoms with van der Waals surface area (Å²) in [6.45, 7) is 7.53. The summed E-state index contributed by atoms with van der Waals surface area (Å²) in [4.78, 5) is 70.4. The van der Waals surface area contributed by atoms with Crippen molar-refractivity contribution in [1.82, 2.24) is 35.9 Å². The van der Waals surface area contributed by atoms with Gasteiger partial charge in [0.2, 0.25) is 5.91 Å². The van der Waals surface area contributed by atoms with Gasteiger partial charge in [0.15, 0.2) is 5.78 Å². The number of aromatic nitrogens is 4. The third-order valence-electron chi connectivity index (χ3n) is 9.02. The fourth-order valence-corrected chi connectivity index (χ4v) is 6.38. The molecule has 0 spiro atoms. The molecule has 304 valence electrons. The van der Waals surface area contributed by atoms with Gasteiger partial charge in [-0.05, 0) is 48.0 Å². The number of hydrogen-bond donors (Lipinski definition) is 6. The highest BCUT2D eigenvalue weighted by molar-refractivity contribution is 6.64. The molecule has 2 heterocycles. The van der Waals surface area contributed by atoms with Crippen LogP contribution in [-0.2, 0) is 31.6 Å². The van der Waals surface area contributed by atoms with Gasteiger partial charge in [-0.2, -0.15) is 0 Å². The molecule has 0 aliphatic heterocycles. The third kappa shape index (κ3) is 15.2. The number of carbonyl (C=O) groups excluding carboxylic acids is 4. The Morgan fingerprint density at radius 1 is 0.655 bits per heavy atom. The van der Waals surface area contributed by atoms with Gasteiger partial charge in [-0.3, -0.25) is 29.1 Å². The Kier molecular flexibility index (Phi) is 18.1. The van der Waals surface area contributed by atoms with E-state index >= 15 is 0 Å². The van der Waals surface area contributed by atoms with Crippen LogP contribution < -0.4 is 16.0 Å². The first-order chi connectivity index (χ1) is 27.8. The Bertz CT molecular complexity index is 1870. The molecule has 4 atom stereocenters. The molecule has 3 amide bonds. The Morgan fingerprint density at radius 3 is 1.62 bits per heavy atom. The first-order valence-electron chi connectivity index (χ1n) is 19.2. The van der Waals surface area contributed by atoms with Crippen LogP contribution in [0, 0.1) is 11.8 Å². The Labute approximate surface area is 339 Å². The van der Waals surface area contributed by atoms with E-state index in [9.17, 15) is 34.3 Å². The predicted molar refractivity (Wildman–Crippen MR) is 217 cm³/mol. The minimum atomic E-state index is -2.38. The maximum atomic E-state index is 14.1. The lowest BCUT2D eigenvalue weighted by molar-refractivity contribution is -0.123. The highest BCUT2D eigenvalue weighted by Crippen LogP contribution is 2.27. The average molecular weight is 793 g/mol. The van der Waals surface area contributed by atoms with Crippen LogP contribution in [0.25, 0.3) is 0 Å². The van der Waals surface area contributed by atoms with E-state index in [-0.39, 0.29) is 55.3 Å². The molecule has 0 aliphatic carbocycles. The topological polar surface area (TPSA) is 235 Å². The molecule has 19 heteroatoms. The smallest absolute Gasteiger partial charge is 0.450 e. The summed E-state index contributed by atoms with van der Waals surface area (Å²) in [6.07, 6.45) is 8.56. The summed E-state index contributed by atoms with van der Waals surface area (Å²) in [5.41, 5.74) is 1.55. The predicted octanol–water partition coefficient (Wildman–Crippen LogP) is 2.07. The molecule has 0 bridgehead atoms. The van der Waals surface area contributed by atoms with E-state index < -0.39 is 68.9 Å². The second-order valence-corrected chi connectivity index (χ2v) is 14.8. The number of amides is 3. The molecule has 0 saturated heterocycles. The van der Waals surface area contributed by atoms with Crippen LogP contribution in [0.2, 0.25) is 5.82 Å². The van der Waals surface area contributed by atoms with Gasteiger partial charge < -0.3 is 40.2 Å². The van der Waals surface area contributed by atoms with Crippen molar-refractivity contribution in [3.63, 3.8) is 0 Å². The van der Waals surface area contributed by atoms with Gasteiger partial charge in [-0.25, -0.2) is 9.97 Å². The van der Waals surface area contributed by atoms with Crippen molar-refractivity contribution in [3.05, 3.63) is 120 Å². The summed E-state index contributed by atoms with van der Waals surface area (Å²) in [6, 6.07) is 16.0. The van der Waals surface area contributed by atoms with E-state index in [1.807, 2.05) is 64.1 Å². The SMILES string of the molecule is CC(C)CC(CC(=O)C(Cc1ccccc1)NC(=O)c1cnccn1)B(O)OB(OB(O)O)C(CC(C)C)NC(=O)C(Cc1ccccc1)NC(=O)c1cnccn1. The lowest BCUT2D eigenvalue weighted by Gasteiger charge is -2.31. The summed E-state index contributed by atoms with van der Waals surface area (Å²) >= 11 is 0. The molecule has 4 unspecified atom stereocenters. The van der Waals surface area contributed by atoms with Crippen LogP contribution >= 0.6 is 0 Å². The fraction of sp³-hybridized carbons (Fsp3) is 0.385. The van der Waals surface area contributed by atoms with Gasteiger partial charge in [-0.1, -0.05) is 88.4 Å². The van der Waals surface area contributed by atoms with Crippen LogP contribution in [-0.4, -0.2) is 98.1 Å². The maximum absolute atomic E-state index is 14.1. The minimum absolute atomic E-state index is 0.00628. The normalized spacial score (nSPS) is 13.2. The van der Waals surface area contributed by atoms with E-state index in [4.69, 9.17) is 9.14 Å². The van der Waals surface area contributed by atoms with Gasteiger partial charge >= 0.3 is 21.6 Å². The van der Waals surface area contributed by atoms with Crippen molar-refractivity contribution >= 4 is 45.1 Å². The van der Waals surface area contributed by atoms with E-state index in [0.717, 1.165) is 11.1 Å². The molecular weight excluding hydrogens is 743 g/mol. The second kappa shape index (κ2) is 23.2. The Morgan fingerprint density at radius 2 is 1.16 bits per heavy atom. The third-order valence-corrected chi connectivity index (χ3v) is 9.02. The Hall–Kier alpha value is -5.33. The molecule has 2 aromatic heterocycles. The van der Waals surface area contributed by atoms with Crippen LogP contribution in [0.1, 0.15) is 79.1 Å². The fourth-order valence-electron chi connectivity index (χ4n) is 6.38. The van der Waals surface area contributed by atoms with Crippen molar-refractivity contribution in [2.45, 2.75) is 83.6 Å². The molecule has 0 radical (unpaired) electrons. The molecule has 0 saturated carbocycles. The Balaban J connectivity index is 1.58. The molecule has 0 fully saturated rings. The van der Waals surface area contributed by atoms with Gasteiger partial charge in [0.05, 0.1) is 24.4 Å². The van der Waals surface area contributed by atoms with E-state index in [1.54, 1.807) is 24.3 Å². The van der Waals surface area contributed by atoms with Gasteiger partial charge in [0.25, 0.3) is 11.8 Å². The van der Waals surface area contributed by atoms with Gasteiger partial charge in [0.1, 0.15) is 17.4 Å². The second-order valence-electron chi connectivity index (χ2n) is 14.8. The summed E-state index contributed by atoms with van der Waals surface area (Å²) in [5.74, 6) is -4.41. The van der Waals surface area contributed by atoms with Crippen molar-refractivity contribution in [3.8, 4) is 0 Å². The van der Waals surface area contributed by atoms with Crippen molar-refractivity contribution in [2.75, 3.05) is 0 Å². The number of nitrogens with zero attached hydrogens (tertiary/aromatic N) is 4. The number of hydrogen-bond acceptors (Lipinski definition) is 13. The highest BCUT2D eigenvalue weighted by atomic mass is 16.7. The minimum Gasteiger partial charge on any atom is -0.450 e. The molecular formula is C39H50B3N7O9. The van der Waals surface area contributed by atoms with Crippen LogP contribution in [0.4, 0.5) is 0 Å². The molecule has 4 aromatic rings. The zero-order valence-electron chi connectivity index (χ0n) is 33.0. The standard InChI is InChI=1S/C39H50B3N7O9/c1-26(2)19-30(23-35(50)31(21-28-11-7-5-8-12-28)47-38(52)33-24-43-15-17-45-33)40(54)57-41(58-42(55)56)36(20-27(3)4)49-37(51)32(22-29-13-9-6-10-14-29)48-39(53)34-25-44-16-18-46-34/h5-18,24-27,30-32,36,54-56H,19-23H2,1-4H3,(H,47,52)(H,48,53)(H,49,51). The molecule has 6 N–H and O–H groups in total. The van der Waals surface area contributed by atoms with Crippen LogP contribution in [0.15, 0.2) is 97.8 Å². The van der Waals surface area contributed by atoms with Crippen molar-refractivity contribution in [2.24, 2.45) is 11.8 Å². The van der Waals surface area contributed by atoms with Crippen molar-refractivity contribution < 1.29 is 43.4 Å². The number of ketones is 1. The van der Waals surface area contributed by atoms with Crippen molar-refractivity contribution in [1.29, 1.82) is 0 Å². The number of carbonyl (C=O) groups is 4. The summed E-state index contributed by atoms with van der Waals surface area (Å²) in [5, 5.41) is 40.0. The van der Waals surface area contributed by atoms with Gasteiger partial charge in [-0.15, -0.1) is 0 Å². The van der Waals surface area contributed by atoms with Crippen LogP contribution in [0.5, 0.6) is 0 Å². The average Bonchev–Trinajstić information content (AvgIpc) is 3.20. The van der Waals surface area contributed by atoms with E-state index in [0.29, 0.717) is 0 Å². The maximum Gasteiger partial charge on any atom is 0.620 e. The number of benzene rings is 2. The van der Waals surface area contributed by atoms with Crippen LogP contribution in [0.3, 0.4) is 0 Å². The number of Topliss-reactive ketones (excluding diaryl/α,β-unsaturated/α-hetero) is 1. The quantitative estimate of drug-likeness (QED) is 0.0591. The zero-order valence-corrected chi connectivity index (χ0v) is 33.0. The summed E-state index contributed by atoms with van der Waals surface area (Å²) in [7, 11) is -5.74. The van der Waals surface area contributed by atoms with Gasteiger partial charge in [0, 0.05) is 37.6 Å². The zero-order chi connectivity index (χ0) is 42.0. The molecule has 58 heavy (non-hydrogen) atoms. The lowest BCUT2D eigenvalue weighted by Crippen LogP contribution is -2.58. The van der Waals surface area contributed by atoms with E-state index in [1.165, 1.54) is 37.2 Å². The largest absolute Gasteiger partial charge is 0.620 e. The number of rotatable bonds is 23. The summed E-state index contributed by atoms with van der Waals surface area (Å²) < 4.78 is 11.4. The molecule has 4 rings (SSSR count). The first kappa shape index (κ1) is 45.4. The number of nitrogens with one attached hydrogen (secondary N) is 3. The highest BCUT2D eigenvalue weighted by Gasteiger charge is 2.42. The van der Waals surface area contributed by atoms with E-state index in [2.05, 4.69) is 35.9 Å². The molecule has 2 aromatic carbocycles. The molecule has 0 aliphatic rings. The lowest BCUT2D eigenvalue weighted by atomic mass is 9.61. The molecule has 16 nitrogen and oxygen atoms in total.